The molecule has 0 aromatic rings. The number of fused-ring (bicyclic) bond motifs is 1. The predicted molar refractivity (Wildman–Crippen MR) is 74.6 cm³/mol. The van der Waals surface area contributed by atoms with Gasteiger partial charge >= 0.3 is 7.12 Å². The molecule has 118 valence electrons. The van der Waals surface area contributed by atoms with Gasteiger partial charge in [0.25, 0.3) is 5.92 Å². The van der Waals surface area contributed by atoms with Gasteiger partial charge in [0.15, 0.2) is 0 Å². The second kappa shape index (κ2) is 4.51. The van der Waals surface area contributed by atoms with Gasteiger partial charge in [-0.1, -0.05) is 0 Å². The lowest BCUT2D eigenvalue weighted by molar-refractivity contribution is -0.129. The van der Waals surface area contributed by atoms with E-state index in [-0.39, 0.29) is 18.8 Å². The van der Waals surface area contributed by atoms with Crippen LogP contribution in [0, 0.1) is 11.8 Å². The third-order valence-corrected chi connectivity index (χ3v) is 5.76. The van der Waals surface area contributed by atoms with Gasteiger partial charge in [-0.3, -0.25) is 0 Å². The van der Waals surface area contributed by atoms with Crippen LogP contribution in [0.15, 0.2) is 11.3 Å². The fourth-order valence-corrected chi connectivity index (χ4v) is 3.49. The molecule has 1 aliphatic heterocycles. The van der Waals surface area contributed by atoms with E-state index in [1.165, 1.54) is 0 Å². The highest BCUT2D eigenvalue weighted by molar-refractivity contribution is 6.53. The topological polar surface area (TPSA) is 18.5 Å². The summed E-state index contributed by atoms with van der Waals surface area (Å²) in [4.78, 5) is 0. The summed E-state index contributed by atoms with van der Waals surface area (Å²) >= 11 is 0. The van der Waals surface area contributed by atoms with Gasteiger partial charge in [-0.25, -0.2) is 13.2 Å². The molecule has 2 atom stereocenters. The van der Waals surface area contributed by atoms with Gasteiger partial charge in [-0.05, 0) is 58.4 Å². The molecule has 3 rings (SSSR count). The quantitative estimate of drug-likeness (QED) is 0.672. The third-order valence-electron chi connectivity index (χ3n) is 5.76. The molecule has 21 heavy (non-hydrogen) atoms. The standard InChI is InChI=1S/C15H22BF3O2/c1-13(2)14(3,4)21-16(20-13)12(17)10-7-8-15(18,19)11-6-5-9(10)11/h9,11H,5-8H2,1-4H3. The lowest BCUT2D eigenvalue weighted by Crippen LogP contribution is -2.46. The van der Waals surface area contributed by atoms with Gasteiger partial charge in [0, 0.05) is 12.3 Å². The Morgan fingerprint density at radius 3 is 2.14 bits per heavy atom. The van der Waals surface area contributed by atoms with E-state index in [9.17, 15) is 13.2 Å². The van der Waals surface area contributed by atoms with E-state index >= 15 is 0 Å². The molecule has 1 saturated heterocycles. The van der Waals surface area contributed by atoms with Crippen LogP contribution in [0.3, 0.4) is 0 Å². The number of hydrogen-bond donors (Lipinski definition) is 0. The molecule has 0 aromatic carbocycles. The van der Waals surface area contributed by atoms with E-state index in [0.717, 1.165) is 0 Å². The van der Waals surface area contributed by atoms with Gasteiger partial charge in [0.05, 0.1) is 11.2 Å². The van der Waals surface area contributed by atoms with Crippen molar-refractivity contribution in [2.24, 2.45) is 11.8 Å². The van der Waals surface area contributed by atoms with E-state index < -0.39 is 35.9 Å². The molecule has 1 heterocycles. The first-order valence-electron chi connectivity index (χ1n) is 7.67. The molecule has 3 fully saturated rings. The van der Waals surface area contributed by atoms with Crippen molar-refractivity contribution in [3.05, 3.63) is 11.3 Å². The Morgan fingerprint density at radius 1 is 1.10 bits per heavy atom. The Bertz CT molecular complexity index is 471. The van der Waals surface area contributed by atoms with Crippen LogP contribution in [0.25, 0.3) is 0 Å². The number of rotatable bonds is 1. The molecule has 6 heteroatoms. The van der Waals surface area contributed by atoms with Crippen molar-refractivity contribution in [2.45, 2.75) is 70.5 Å². The number of alkyl halides is 2. The van der Waals surface area contributed by atoms with E-state index in [4.69, 9.17) is 9.31 Å². The fraction of sp³-hybridized carbons (Fsp3) is 0.867. The Labute approximate surface area is 124 Å². The smallest absolute Gasteiger partial charge is 0.398 e. The molecule has 2 aliphatic carbocycles. The highest BCUT2D eigenvalue weighted by atomic mass is 19.3. The Hall–Kier alpha value is -0.485. The van der Waals surface area contributed by atoms with Gasteiger partial charge in [0.1, 0.15) is 5.73 Å². The molecule has 0 bridgehead atoms. The lowest BCUT2D eigenvalue weighted by atomic mass is 9.59. The number of allylic oxidation sites excluding steroid dienone is 1. The minimum absolute atomic E-state index is 0.101. The molecule has 0 aromatic heterocycles. The first-order chi connectivity index (χ1) is 9.55. The van der Waals surface area contributed by atoms with Gasteiger partial charge < -0.3 is 9.31 Å². The zero-order valence-corrected chi connectivity index (χ0v) is 13.0. The number of halogens is 3. The van der Waals surface area contributed by atoms with Crippen LogP contribution in [0.5, 0.6) is 0 Å². The van der Waals surface area contributed by atoms with E-state index in [0.29, 0.717) is 18.4 Å². The first kappa shape index (κ1) is 15.4. The van der Waals surface area contributed by atoms with Crippen LogP contribution in [-0.2, 0) is 9.31 Å². The Kier molecular flexibility index (Phi) is 3.31. The highest BCUT2D eigenvalue weighted by Crippen LogP contribution is 2.56. The minimum Gasteiger partial charge on any atom is -0.398 e. The summed E-state index contributed by atoms with van der Waals surface area (Å²) in [5, 5.41) is 0. The maximum absolute atomic E-state index is 14.8. The zero-order valence-electron chi connectivity index (χ0n) is 13.0. The Balaban J connectivity index is 1.84. The van der Waals surface area contributed by atoms with Crippen molar-refractivity contribution in [1.82, 2.24) is 0 Å². The largest absolute Gasteiger partial charge is 0.525 e. The third kappa shape index (κ3) is 2.26. The molecular weight excluding hydrogens is 280 g/mol. The summed E-state index contributed by atoms with van der Waals surface area (Å²) in [6, 6.07) is 0. The van der Waals surface area contributed by atoms with Crippen LogP contribution >= 0.6 is 0 Å². The van der Waals surface area contributed by atoms with Gasteiger partial charge in [-0.15, -0.1) is 0 Å². The molecule has 0 spiro atoms. The Morgan fingerprint density at radius 2 is 1.67 bits per heavy atom. The van der Waals surface area contributed by atoms with Crippen molar-refractivity contribution >= 4 is 7.12 Å². The SMILES string of the molecule is CC1(C)OB(C(F)=C2CCC(F)(F)C3CCC23)OC1(C)C. The van der Waals surface area contributed by atoms with Crippen LogP contribution in [0.2, 0.25) is 0 Å². The fourth-order valence-electron chi connectivity index (χ4n) is 3.49. The normalized spacial score (nSPS) is 38.7. The highest BCUT2D eigenvalue weighted by Gasteiger charge is 2.57. The van der Waals surface area contributed by atoms with Crippen LogP contribution in [0.1, 0.15) is 53.4 Å². The maximum atomic E-state index is 14.8. The van der Waals surface area contributed by atoms with E-state index in [1.807, 2.05) is 27.7 Å². The average molecular weight is 302 g/mol. The first-order valence-corrected chi connectivity index (χ1v) is 7.67. The zero-order chi connectivity index (χ0) is 15.6. The van der Waals surface area contributed by atoms with E-state index in [2.05, 4.69) is 0 Å². The van der Waals surface area contributed by atoms with Crippen LogP contribution in [0.4, 0.5) is 13.2 Å². The number of hydrogen-bond acceptors (Lipinski definition) is 2. The summed E-state index contributed by atoms with van der Waals surface area (Å²) in [6.07, 6.45) is 0.959. The van der Waals surface area contributed by atoms with Gasteiger partial charge in [-0.2, -0.15) is 0 Å². The molecular formula is C15H22BF3O2. The second-order valence-corrected chi connectivity index (χ2v) is 7.51. The average Bonchev–Trinajstić information content (AvgIpc) is 2.49. The van der Waals surface area contributed by atoms with Gasteiger partial charge in [0.2, 0.25) is 0 Å². The summed E-state index contributed by atoms with van der Waals surface area (Å²) in [5.74, 6) is -3.69. The maximum Gasteiger partial charge on any atom is 0.525 e. The van der Waals surface area contributed by atoms with Crippen molar-refractivity contribution in [1.29, 1.82) is 0 Å². The summed E-state index contributed by atoms with van der Waals surface area (Å²) in [6.45, 7) is 7.41. The molecule has 2 nitrogen and oxygen atoms in total. The minimum atomic E-state index is -2.65. The van der Waals surface area contributed by atoms with Crippen molar-refractivity contribution in [3.8, 4) is 0 Å². The monoisotopic (exact) mass is 302 g/mol. The lowest BCUT2D eigenvalue weighted by Gasteiger charge is -2.47. The van der Waals surface area contributed by atoms with Crippen molar-refractivity contribution in [2.75, 3.05) is 0 Å². The molecule has 3 aliphatic rings. The molecule has 0 amide bonds. The molecule has 2 unspecified atom stereocenters. The van der Waals surface area contributed by atoms with E-state index in [1.54, 1.807) is 0 Å². The molecule has 2 saturated carbocycles. The van der Waals surface area contributed by atoms with Crippen molar-refractivity contribution in [3.63, 3.8) is 0 Å². The second-order valence-electron chi connectivity index (χ2n) is 7.51. The molecule has 0 radical (unpaired) electrons. The van der Waals surface area contributed by atoms with Crippen LogP contribution in [-0.4, -0.2) is 24.2 Å². The van der Waals surface area contributed by atoms with Crippen LogP contribution < -0.4 is 0 Å². The van der Waals surface area contributed by atoms with Crippen molar-refractivity contribution < 1.29 is 22.5 Å². The summed E-state index contributed by atoms with van der Waals surface area (Å²) < 4.78 is 53.7. The predicted octanol–water partition coefficient (Wildman–Crippen LogP) is 4.30. The summed E-state index contributed by atoms with van der Waals surface area (Å²) in [5.41, 5.74) is -1.21. The molecule has 0 N–H and O–H groups in total. The summed E-state index contributed by atoms with van der Waals surface area (Å²) in [7, 11) is -1.06.